The molecule has 3 heteroatoms. The van der Waals surface area contributed by atoms with E-state index in [1.54, 1.807) is 17.6 Å². The molecule has 14 heavy (non-hydrogen) atoms. The Labute approximate surface area is 86.8 Å². The van der Waals surface area contributed by atoms with Gasteiger partial charge in [-0.25, -0.2) is 0 Å². The number of thiophene rings is 1. The third-order valence-electron chi connectivity index (χ3n) is 2.22. The molecule has 2 aromatic rings. The Kier molecular flexibility index (Phi) is 2.44. The maximum Gasteiger partial charge on any atom is 0.117 e. The molecule has 2 heterocycles. The van der Waals surface area contributed by atoms with Crippen molar-refractivity contribution >= 4 is 11.3 Å². The molecule has 0 aromatic carbocycles. The number of furan rings is 1. The number of aliphatic hydroxyl groups is 1. The lowest BCUT2D eigenvalue weighted by Gasteiger charge is -2.06. The average Bonchev–Trinajstić information content (AvgIpc) is 2.73. The van der Waals surface area contributed by atoms with Crippen LogP contribution in [0.5, 0.6) is 0 Å². The van der Waals surface area contributed by atoms with Crippen molar-refractivity contribution in [1.82, 2.24) is 0 Å². The summed E-state index contributed by atoms with van der Waals surface area (Å²) in [4.78, 5) is 2.17. The Morgan fingerprint density at radius 2 is 2.07 bits per heavy atom. The SMILES string of the molecule is Cc1ccc(C(O)c2ccoc2C)s1. The second-order valence-corrected chi connectivity index (χ2v) is 4.60. The van der Waals surface area contributed by atoms with E-state index in [4.69, 9.17) is 4.42 Å². The summed E-state index contributed by atoms with van der Waals surface area (Å²) >= 11 is 1.61. The van der Waals surface area contributed by atoms with Gasteiger partial charge in [0.2, 0.25) is 0 Å². The van der Waals surface area contributed by atoms with Gasteiger partial charge in [0.25, 0.3) is 0 Å². The van der Waals surface area contributed by atoms with Crippen molar-refractivity contribution in [1.29, 1.82) is 0 Å². The molecule has 0 aliphatic carbocycles. The van der Waals surface area contributed by atoms with Crippen LogP contribution >= 0.6 is 11.3 Å². The molecule has 0 aliphatic rings. The predicted octanol–water partition coefficient (Wildman–Crippen LogP) is 3.04. The lowest BCUT2D eigenvalue weighted by molar-refractivity contribution is 0.222. The van der Waals surface area contributed by atoms with Crippen LogP contribution in [-0.2, 0) is 0 Å². The Hall–Kier alpha value is -1.06. The highest BCUT2D eigenvalue weighted by Crippen LogP contribution is 2.30. The standard InChI is InChI=1S/C11H12O2S/c1-7-3-4-10(14-7)11(12)9-5-6-13-8(9)2/h3-6,11-12H,1-2H3. The van der Waals surface area contributed by atoms with Crippen LogP contribution in [0.25, 0.3) is 0 Å². The molecular weight excluding hydrogens is 196 g/mol. The van der Waals surface area contributed by atoms with Gasteiger partial charge in [0.05, 0.1) is 6.26 Å². The maximum atomic E-state index is 10.0. The maximum absolute atomic E-state index is 10.0. The molecule has 1 atom stereocenters. The minimum atomic E-state index is -0.549. The third-order valence-corrected chi connectivity index (χ3v) is 3.28. The van der Waals surface area contributed by atoms with Gasteiger partial charge in [-0.2, -0.15) is 0 Å². The summed E-state index contributed by atoms with van der Waals surface area (Å²) in [5, 5.41) is 10.0. The highest BCUT2D eigenvalue weighted by atomic mass is 32.1. The fraction of sp³-hybridized carbons (Fsp3) is 0.273. The summed E-state index contributed by atoms with van der Waals surface area (Å²) < 4.78 is 5.16. The molecule has 2 aromatic heterocycles. The number of hydrogen-bond acceptors (Lipinski definition) is 3. The van der Waals surface area contributed by atoms with Crippen LogP contribution in [0.3, 0.4) is 0 Å². The van der Waals surface area contributed by atoms with Gasteiger partial charge in [-0.05, 0) is 32.0 Å². The molecule has 0 spiro atoms. The third kappa shape index (κ3) is 1.61. The van der Waals surface area contributed by atoms with Crippen LogP contribution in [0.15, 0.2) is 28.9 Å². The predicted molar refractivity (Wildman–Crippen MR) is 56.6 cm³/mol. The first-order valence-corrected chi connectivity index (χ1v) is 5.28. The minimum Gasteiger partial charge on any atom is -0.469 e. The monoisotopic (exact) mass is 208 g/mol. The molecule has 1 N–H and O–H groups in total. The van der Waals surface area contributed by atoms with E-state index in [0.717, 1.165) is 16.2 Å². The topological polar surface area (TPSA) is 33.4 Å². The van der Waals surface area contributed by atoms with Crippen molar-refractivity contribution in [3.05, 3.63) is 45.5 Å². The van der Waals surface area contributed by atoms with Gasteiger partial charge in [0.15, 0.2) is 0 Å². The summed E-state index contributed by atoms with van der Waals surface area (Å²) in [5.74, 6) is 0.781. The van der Waals surface area contributed by atoms with Crippen molar-refractivity contribution < 1.29 is 9.52 Å². The first kappa shape index (κ1) is 9.49. The van der Waals surface area contributed by atoms with E-state index in [-0.39, 0.29) is 0 Å². The highest BCUT2D eigenvalue weighted by Gasteiger charge is 2.16. The van der Waals surface area contributed by atoms with E-state index < -0.39 is 6.10 Å². The number of aliphatic hydroxyl groups excluding tert-OH is 1. The van der Waals surface area contributed by atoms with Gasteiger partial charge >= 0.3 is 0 Å². The summed E-state index contributed by atoms with van der Waals surface area (Å²) in [6, 6.07) is 5.78. The summed E-state index contributed by atoms with van der Waals surface area (Å²) in [6.07, 6.45) is 1.06. The Morgan fingerprint density at radius 3 is 2.57 bits per heavy atom. The first-order chi connectivity index (χ1) is 6.68. The first-order valence-electron chi connectivity index (χ1n) is 4.47. The van der Waals surface area contributed by atoms with E-state index in [9.17, 15) is 5.11 Å². The lowest BCUT2D eigenvalue weighted by Crippen LogP contribution is -1.96. The van der Waals surface area contributed by atoms with Crippen LogP contribution in [0.1, 0.15) is 27.2 Å². The van der Waals surface area contributed by atoms with E-state index in [0.29, 0.717) is 0 Å². The molecular formula is C11H12O2S. The summed E-state index contributed by atoms with van der Waals surface area (Å²) in [5.41, 5.74) is 0.854. The number of hydrogen-bond donors (Lipinski definition) is 1. The van der Waals surface area contributed by atoms with Crippen molar-refractivity contribution in [2.75, 3.05) is 0 Å². The Bertz CT molecular complexity index is 428. The molecule has 0 saturated heterocycles. The molecule has 74 valence electrons. The Morgan fingerprint density at radius 1 is 1.29 bits per heavy atom. The van der Waals surface area contributed by atoms with Crippen LogP contribution in [0.4, 0.5) is 0 Å². The van der Waals surface area contributed by atoms with Gasteiger partial charge < -0.3 is 9.52 Å². The van der Waals surface area contributed by atoms with Gasteiger partial charge in [0, 0.05) is 15.3 Å². The minimum absolute atomic E-state index is 0.549. The summed E-state index contributed by atoms with van der Waals surface area (Å²) in [7, 11) is 0. The molecule has 0 aliphatic heterocycles. The molecule has 0 saturated carbocycles. The fourth-order valence-corrected chi connectivity index (χ4v) is 2.31. The van der Waals surface area contributed by atoms with Crippen LogP contribution in [-0.4, -0.2) is 5.11 Å². The van der Waals surface area contributed by atoms with Gasteiger partial charge in [-0.1, -0.05) is 0 Å². The van der Waals surface area contributed by atoms with E-state index in [1.807, 2.05) is 32.0 Å². The van der Waals surface area contributed by atoms with Crippen LogP contribution in [0, 0.1) is 13.8 Å². The number of rotatable bonds is 2. The van der Waals surface area contributed by atoms with E-state index >= 15 is 0 Å². The largest absolute Gasteiger partial charge is 0.469 e. The van der Waals surface area contributed by atoms with Crippen molar-refractivity contribution in [3.8, 4) is 0 Å². The number of aryl methyl sites for hydroxylation is 2. The molecule has 0 fully saturated rings. The van der Waals surface area contributed by atoms with Crippen molar-refractivity contribution in [3.63, 3.8) is 0 Å². The zero-order valence-electron chi connectivity index (χ0n) is 8.15. The second-order valence-electron chi connectivity index (χ2n) is 3.28. The molecule has 2 nitrogen and oxygen atoms in total. The highest BCUT2D eigenvalue weighted by molar-refractivity contribution is 7.12. The normalized spacial score (nSPS) is 13.1. The van der Waals surface area contributed by atoms with E-state index in [2.05, 4.69) is 0 Å². The Balaban J connectivity index is 2.33. The molecule has 0 amide bonds. The van der Waals surface area contributed by atoms with E-state index in [1.165, 1.54) is 4.88 Å². The smallest absolute Gasteiger partial charge is 0.117 e. The van der Waals surface area contributed by atoms with Gasteiger partial charge in [-0.3, -0.25) is 0 Å². The zero-order chi connectivity index (χ0) is 10.1. The lowest BCUT2D eigenvalue weighted by atomic mass is 10.1. The second kappa shape index (κ2) is 3.59. The average molecular weight is 208 g/mol. The molecule has 2 rings (SSSR count). The molecule has 0 radical (unpaired) electrons. The molecule has 1 unspecified atom stereocenters. The van der Waals surface area contributed by atoms with Gasteiger partial charge in [0.1, 0.15) is 11.9 Å². The quantitative estimate of drug-likeness (QED) is 0.823. The van der Waals surface area contributed by atoms with Crippen LogP contribution < -0.4 is 0 Å². The fourth-order valence-electron chi connectivity index (χ4n) is 1.43. The zero-order valence-corrected chi connectivity index (χ0v) is 8.97. The van der Waals surface area contributed by atoms with Gasteiger partial charge in [-0.15, -0.1) is 11.3 Å². The summed E-state index contributed by atoms with van der Waals surface area (Å²) in [6.45, 7) is 3.89. The molecule has 0 bridgehead atoms. The van der Waals surface area contributed by atoms with Crippen LogP contribution in [0.2, 0.25) is 0 Å². The van der Waals surface area contributed by atoms with Crippen molar-refractivity contribution in [2.45, 2.75) is 20.0 Å². The van der Waals surface area contributed by atoms with Crippen molar-refractivity contribution in [2.24, 2.45) is 0 Å².